The van der Waals surface area contributed by atoms with E-state index in [4.69, 9.17) is 4.74 Å². The predicted molar refractivity (Wildman–Crippen MR) is 80.7 cm³/mol. The number of hydrogen-bond acceptors (Lipinski definition) is 5. The average Bonchev–Trinajstić information content (AvgIpc) is 2.43. The van der Waals surface area contributed by atoms with E-state index in [0.29, 0.717) is 24.4 Å². The summed E-state index contributed by atoms with van der Waals surface area (Å²) in [6.45, 7) is 6.56. The number of nitrogens with one attached hydrogen (secondary N) is 2. The Morgan fingerprint density at radius 2 is 2.10 bits per heavy atom. The fourth-order valence-corrected chi connectivity index (χ4v) is 1.87. The summed E-state index contributed by atoms with van der Waals surface area (Å²) < 4.78 is 5.49. The Labute approximate surface area is 123 Å². The smallest absolute Gasteiger partial charge is 0.292 e. The van der Waals surface area contributed by atoms with Gasteiger partial charge in [0.15, 0.2) is 0 Å². The topological polar surface area (TPSA) is 93.5 Å². The summed E-state index contributed by atoms with van der Waals surface area (Å²) in [5.41, 5.74) is 0.134. The standard InChI is InChI=1S/C14H21N3O4/c1-5-21-14(2,3)9-16-13(18)10-6-7-12(17(19)20)11(8-10)15-4/h6-8,15H,5,9H2,1-4H3,(H,16,18). The fourth-order valence-electron chi connectivity index (χ4n) is 1.87. The van der Waals surface area contributed by atoms with E-state index in [1.165, 1.54) is 18.2 Å². The van der Waals surface area contributed by atoms with Gasteiger partial charge in [-0.2, -0.15) is 0 Å². The quantitative estimate of drug-likeness (QED) is 0.594. The Balaban J connectivity index is 2.82. The van der Waals surface area contributed by atoms with Crippen LogP contribution >= 0.6 is 0 Å². The van der Waals surface area contributed by atoms with E-state index in [1.54, 1.807) is 7.05 Å². The van der Waals surface area contributed by atoms with Crippen LogP contribution in [-0.4, -0.2) is 36.6 Å². The second-order valence-electron chi connectivity index (χ2n) is 5.11. The van der Waals surface area contributed by atoms with Gasteiger partial charge in [0.2, 0.25) is 0 Å². The normalized spacial score (nSPS) is 11.0. The Bertz CT molecular complexity index is 529. The Hall–Kier alpha value is -2.15. The number of carbonyl (C=O) groups excluding carboxylic acids is 1. The van der Waals surface area contributed by atoms with E-state index in [-0.39, 0.29) is 11.6 Å². The van der Waals surface area contributed by atoms with Gasteiger partial charge in [-0.15, -0.1) is 0 Å². The molecule has 0 fully saturated rings. The molecule has 0 aliphatic carbocycles. The van der Waals surface area contributed by atoms with Crippen molar-refractivity contribution in [3.05, 3.63) is 33.9 Å². The number of anilines is 1. The molecule has 116 valence electrons. The van der Waals surface area contributed by atoms with Gasteiger partial charge >= 0.3 is 0 Å². The molecule has 2 N–H and O–H groups in total. The lowest BCUT2D eigenvalue weighted by atomic mass is 10.1. The van der Waals surface area contributed by atoms with Crippen LogP contribution in [0.4, 0.5) is 11.4 Å². The molecule has 0 saturated carbocycles. The lowest BCUT2D eigenvalue weighted by Crippen LogP contribution is -2.40. The fraction of sp³-hybridized carbons (Fsp3) is 0.500. The van der Waals surface area contributed by atoms with Crippen molar-refractivity contribution in [1.29, 1.82) is 0 Å². The van der Waals surface area contributed by atoms with Crippen LogP contribution in [0.1, 0.15) is 31.1 Å². The lowest BCUT2D eigenvalue weighted by molar-refractivity contribution is -0.383. The SMILES string of the molecule is CCOC(C)(C)CNC(=O)c1ccc([N+](=O)[O-])c(NC)c1. The molecule has 0 aromatic heterocycles. The van der Waals surface area contributed by atoms with E-state index in [2.05, 4.69) is 10.6 Å². The first-order valence-corrected chi connectivity index (χ1v) is 6.69. The Morgan fingerprint density at radius 3 is 2.62 bits per heavy atom. The first-order valence-electron chi connectivity index (χ1n) is 6.69. The summed E-state index contributed by atoms with van der Waals surface area (Å²) in [4.78, 5) is 22.4. The van der Waals surface area contributed by atoms with Crippen LogP contribution in [-0.2, 0) is 4.74 Å². The number of carbonyl (C=O) groups is 1. The van der Waals surface area contributed by atoms with Gasteiger partial charge in [-0.3, -0.25) is 14.9 Å². The van der Waals surface area contributed by atoms with Crippen LogP contribution < -0.4 is 10.6 Å². The number of nitrogens with zero attached hydrogens (tertiary/aromatic N) is 1. The highest BCUT2D eigenvalue weighted by Gasteiger charge is 2.20. The lowest BCUT2D eigenvalue weighted by Gasteiger charge is -2.24. The first-order chi connectivity index (χ1) is 9.80. The maximum Gasteiger partial charge on any atom is 0.292 e. The minimum atomic E-state index is -0.494. The molecule has 21 heavy (non-hydrogen) atoms. The van der Waals surface area contributed by atoms with Gasteiger partial charge in [0.05, 0.1) is 10.5 Å². The highest BCUT2D eigenvalue weighted by molar-refractivity contribution is 5.95. The molecule has 1 aromatic rings. The molecule has 1 amide bonds. The molecule has 7 nitrogen and oxygen atoms in total. The molecule has 1 rings (SSSR count). The molecule has 7 heteroatoms. The van der Waals surface area contributed by atoms with Crippen LogP contribution in [0.3, 0.4) is 0 Å². The van der Waals surface area contributed by atoms with Gasteiger partial charge in [0.1, 0.15) is 5.69 Å². The molecular weight excluding hydrogens is 274 g/mol. The number of ether oxygens (including phenoxy) is 1. The van der Waals surface area contributed by atoms with Gasteiger partial charge in [-0.05, 0) is 32.9 Å². The van der Waals surface area contributed by atoms with Crippen molar-refractivity contribution >= 4 is 17.3 Å². The van der Waals surface area contributed by atoms with Crippen LogP contribution in [0.15, 0.2) is 18.2 Å². The monoisotopic (exact) mass is 295 g/mol. The third kappa shape index (κ3) is 4.71. The summed E-state index contributed by atoms with van der Waals surface area (Å²) in [5.74, 6) is -0.297. The number of benzene rings is 1. The van der Waals surface area contributed by atoms with E-state index < -0.39 is 10.5 Å². The van der Waals surface area contributed by atoms with E-state index in [1.807, 2.05) is 20.8 Å². The molecule has 0 aliphatic heterocycles. The molecule has 1 aromatic carbocycles. The highest BCUT2D eigenvalue weighted by atomic mass is 16.6. The minimum absolute atomic E-state index is 0.0660. The zero-order valence-electron chi connectivity index (χ0n) is 12.7. The number of nitro benzene ring substituents is 1. The maximum absolute atomic E-state index is 12.1. The Morgan fingerprint density at radius 1 is 1.43 bits per heavy atom. The molecule has 0 aliphatic rings. The molecule has 0 atom stereocenters. The van der Waals surface area contributed by atoms with Gasteiger partial charge in [0, 0.05) is 31.8 Å². The zero-order chi connectivity index (χ0) is 16.0. The van der Waals surface area contributed by atoms with E-state index >= 15 is 0 Å². The van der Waals surface area contributed by atoms with E-state index in [0.717, 1.165) is 0 Å². The largest absolute Gasteiger partial charge is 0.383 e. The second-order valence-corrected chi connectivity index (χ2v) is 5.11. The van der Waals surface area contributed by atoms with Crippen LogP contribution in [0.25, 0.3) is 0 Å². The number of nitro groups is 1. The van der Waals surface area contributed by atoms with Crippen molar-refractivity contribution in [2.75, 3.05) is 25.5 Å². The Kier molecular flexibility index (Phi) is 5.66. The molecular formula is C14H21N3O4. The summed E-state index contributed by atoms with van der Waals surface area (Å²) in [6.07, 6.45) is 0. The van der Waals surface area contributed by atoms with Crippen molar-refractivity contribution in [2.45, 2.75) is 26.4 Å². The van der Waals surface area contributed by atoms with Crippen molar-refractivity contribution < 1.29 is 14.5 Å². The van der Waals surface area contributed by atoms with Gasteiger partial charge in [-0.25, -0.2) is 0 Å². The molecule has 0 spiro atoms. The van der Waals surface area contributed by atoms with Crippen LogP contribution in [0, 0.1) is 10.1 Å². The average molecular weight is 295 g/mol. The van der Waals surface area contributed by atoms with Crippen LogP contribution in [0.2, 0.25) is 0 Å². The number of rotatable bonds is 7. The summed E-state index contributed by atoms with van der Waals surface area (Å²) in [6, 6.07) is 4.21. The molecule has 0 saturated heterocycles. The summed E-state index contributed by atoms with van der Waals surface area (Å²) in [7, 11) is 1.57. The summed E-state index contributed by atoms with van der Waals surface area (Å²) in [5, 5.41) is 16.3. The third-order valence-electron chi connectivity index (χ3n) is 2.93. The molecule has 0 unspecified atom stereocenters. The first kappa shape index (κ1) is 16.9. The van der Waals surface area contributed by atoms with Gasteiger partial charge < -0.3 is 15.4 Å². The van der Waals surface area contributed by atoms with Crippen LogP contribution in [0.5, 0.6) is 0 Å². The predicted octanol–water partition coefficient (Wildman–Crippen LogP) is 2.18. The number of amides is 1. The highest BCUT2D eigenvalue weighted by Crippen LogP contribution is 2.24. The summed E-state index contributed by atoms with van der Waals surface area (Å²) >= 11 is 0. The molecule has 0 heterocycles. The second kappa shape index (κ2) is 7.03. The van der Waals surface area contributed by atoms with Crippen molar-refractivity contribution in [2.24, 2.45) is 0 Å². The van der Waals surface area contributed by atoms with Gasteiger partial charge in [0.25, 0.3) is 11.6 Å². The van der Waals surface area contributed by atoms with Gasteiger partial charge in [-0.1, -0.05) is 0 Å². The molecule has 0 bridgehead atoms. The van der Waals surface area contributed by atoms with Crippen molar-refractivity contribution in [1.82, 2.24) is 5.32 Å². The third-order valence-corrected chi connectivity index (χ3v) is 2.93. The molecule has 0 radical (unpaired) electrons. The van der Waals surface area contributed by atoms with E-state index in [9.17, 15) is 14.9 Å². The maximum atomic E-state index is 12.1. The van der Waals surface area contributed by atoms with Crippen molar-refractivity contribution in [3.63, 3.8) is 0 Å². The minimum Gasteiger partial charge on any atom is -0.383 e. The van der Waals surface area contributed by atoms with Crippen molar-refractivity contribution in [3.8, 4) is 0 Å². The zero-order valence-corrected chi connectivity index (χ0v) is 12.7. The number of hydrogen-bond donors (Lipinski definition) is 2.